The van der Waals surface area contributed by atoms with Crippen molar-refractivity contribution in [3.8, 4) is 0 Å². The first kappa shape index (κ1) is 9.00. The first-order valence-electron chi connectivity index (χ1n) is 4.51. The van der Waals surface area contributed by atoms with E-state index in [1.807, 2.05) is 43.3 Å². The minimum Gasteiger partial charge on any atom is -0.525 e. The number of hydrogen-bond acceptors (Lipinski definition) is 3. The van der Waals surface area contributed by atoms with Gasteiger partial charge in [-0.1, -0.05) is 18.2 Å². The zero-order chi connectivity index (χ0) is 9.97. The van der Waals surface area contributed by atoms with Crippen LogP contribution in [0.1, 0.15) is 0 Å². The Morgan fingerprint density at radius 3 is 2.36 bits per heavy atom. The summed E-state index contributed by atoms with van der Waals surface area (Å²) in [6.45, 7) is 0. The van der Waals surface area contributed by atoms with Crippen molar-refractivity contribution in [3.63, 3.8) is 0 Å². The lowest BCUT2D eigenvalue weighted by atomic mass is 9.78. The molecule has 4 heteroatoms. The SMILES string of the molecule is CN(C)c1ccccc1B1OC=CO1. The van der Waals surface area contributed by atoms with Gasteiger partial charge in [-0.15, -0.1) is 0 Å². The standard InChI is InChI=1S/C10H12BNO2/c1-12(2)10-6-4-3-5-9(10)11-13-7-8-14-11/h3-8H,1-2H3. The lowest BCUT2D eigenvalue weighted by molar-refractivity contribution is 0.423. The molecule has 0 saturated carbocycles. The fraction of sp³-hybridized carbons (Fsp3) is 0.200. The van der Waals surface area contributed by atoms with Gasteiger partial charge >= 0.3 is 7.12 Å². The fourth-order valence-electron chi connectivity index (χ4n) is 1.48. The molecule has 0 atom stereocenters. The highest BCUT2D eigenvalue weighted by Gasteiger charge is 2.29. The van der Waals surface area contributed by atoms with Crippen LogP contribution in [-0.2, 0) is 9.31 Å². The first-order valence-corrected chi connectivity index (χ1v) is 4.51. The normalized spacial score (nSPS) is 13.7. The van der Waals surface area contributed by atoms with Gasteiger partial charge in [-0.05, 0) is 6.07 Å². The van der Waals surface area contributed by atoms with Gasteiger partial charge in [0.15, 0.2) is 0 Å². The summed E-state index contributed by atoms with van der Waals surface area (Å²) in [5, 5.41) is 0. The van der Waals surface area contributed by atoms with Crippen LogP contribution in [0.5, 0.6) is 0 Å². The Balaban J connectivity index is 2.31. The molecule has 0 fully saturated rings. The van der Waals surface area contributed by atoms with E-state index in [4.69, 9.17) is 9.31 Å². The zero-order valence-electron chi connectivity index (χ0n) is 8.31. The minimum atomic E-state index is -0.298. The minimum absolute atomic E-state index is 0.298. The molecular formula is C10H12BNO2. The third kappa shape index (κ3) is 1.55. The number of anilines is 1. The Morgan fingerprint density at radius 2 is 1.71 bits per heavy atom. The van der Waals surface area contributed by atoms with Crippen LogP contribution in [0.4, 0.5) is 5.69 Å². The van der Waals surface area contributed by atoms with E-state index in [1.165, 1.54) is 0 Å². The van der Waals surface area contributed by atoms with Crippen LogP contribution < -0.4 is 10.4 Å². The van der Waals surface area contributed by atoms with Crippen molar-refractivity contribution in [1.29, 1.82) is 0 Å². The van der Waals surface area contributed by atoms with Gasteiger partial charge in [0, 0.05) is 25.2 Å². The molecule has 3 nitrogen and oxygen atoms in total. The van der Waals surface area contributed by atoms with Crippen molar-refractivity contribution < 1.29 is 9.31 Å². The number of nitrogens with zero attached hydrogens (tertiary/aromatic N) is 1. The second-order valence-corrected chi connectivity index (χ2v) is 3.33. The predicted molar refractivity (Wildman–Crippen MR) is 57.5 cm³/mol. The Kier molecular flexibility index (Phi) is 2.35. The first-order chi connectivity index (χ1) is 6.79. The van der Waals surface area contributed by atoms with Crippen LogP contribution in [0.2, 0.25) is 0 Å². The molecule has 1 heterocycles. The molecule has 0 radical (unpaired) electrons. The van der Waals surface area contributed by atoms with Gasteiger partial charge < -0.3 is 14.2 Å². The van der Waals surface area contributed by atoms with Crippen LogP contribution in [-0.4, -0.2) is 21.2 Å². The molecule has 1 aromatic carbocycles. The molecule has 0 amide bonds. The lowest BCUT2D eigenvalue weighted by Crippen LogP contribution is -2.35. The van der Waals surface area contributed by atoms with Crippen LogP contribution in [0.3, 0.4) is 0 Å². The summed E-state index contributed by atoms with van der Waals surface area (Å²) < 4.78 is 10.6. The highest BCUT2D eigenvalue weighted by Crippen LogP contribution is 2.11. The van der Waals surface area contributed by atoms with Gasteiger partial charge in [0.1, 0.15) is 0 Å². The average molecular weight is 189 g/mol. The molecule has 1 aliphatic rings. The molecule has 0 aromatic heterocycles. The van der Waals surface area contributed by atoms with Gasteiger partial charge in [-0.25, -0.2) is 0 Å². The van der Waals surface area contributed by atoms with E-state index in [9.17, 15) is 0 Å². The molecule has 1 aromatic rings. The van der Waals surface area contributed by atoms with Crippen molar-refractivity contribution in [2.45, 2.75) is 0 Å². The van der Waals surface area contributed by atoms with E-state index < -0.39 is 0 Å². The maximum Gasteiger partial charge on any atom is 0.634 e. The van der Waals surface area contributed by atoms with E-state index >= 15 is 0 Å². The summed E-state index contributed by atoms with van der Waals surface area (Å²) in [7, 11) is 3.70. The number of hydrogen-bond donors (Lipinski definition) is 0. The fourth-order valence-corrected chi connectivity index (χ4v) is 1.48. The molecule has 0 unspecified atom stereocenters. The van der Waals surface area contributed by atoms with Crippen LogP contribution in [0.15, 0.2) is 36.8 Å². The topological polar surface area (TPSA) is 21.7 Å². The summed E-state index contributed by atoms with van der Waals surface area (Å²) in [6.07, 6.45) is 3.13. The lowest BCUT2D eigenvalue weighted by Gasteiger charge is -2.17. The maximum absolute atomic E-state index is 5.30. The van der Waals surface area contributed by atoms with Gasteiger partial charge in [0.25, 0.3) is 0 Å². The third-order valence-electron chi connectivity index (χ3n) is 2.13. The summed E-state index contributed by atoms with van der Waals surface area (Å²) in [4.78, 5) is 2.04. The van der Waals surface area contributed by atoms with E-state index in [0.717, 1.165) is 11.2 Å². The van der Waals surface area contributed by atoms with Crippen molar-refractivity contribution in [1.82, 2.24) is 0 Å². The number of rotatable bonds is 2. The molecule has 14 heavy (non-hydrogen) atoms. The Morgan fingerprint density at radius 1 is 1.07 bits per heavy atom. The van der Waals surface area contributed by atoms with Crippen LogP contribution >= 0.6 is 0 Å². The molecule has 0 spiro atoms. The molecule has 0 saturated heterocycles. The smallest absolute Gasteiger partial charge is 0.525 e. The van der Waals surface area contributed by atoms with Gasteiger partial charge in [0.2, 0.25) is 0 Å². The number of benzene rings is 1. The van der Waals surface area contributed by atoms with Crippen molar-refractivity contribution in [2.24, 2.45) is 0 Å². The largest absolute Gasteiger partial charge is 0.634 e. The Bertz CT molecular complexity index is 344. The molecule has 2 rings (SSSR count). The van der Waals surface area contributed by atoms with Crippen LogP contribution in [0, 0.1) is 0 Å². The molecule has 0 N–H and O–H groups in total. The maximum atomic E-state index is 5.30. The van der Waals surface area contributed by atoms with E-state index in [-0.39, 0.29) is 7.12 Å². The summed E-state index contributed by atoms with van der Waals surface area (Å²) >= 11 is 0. The van der Waals surface area contributed by atoms with Gasteiger partial charge in [-0.3, -0.25) is 0 Å². The molecular weight excluding hydrogens is 177 g/mol. The highest BCUT2D eigenvalue weighted by molar-refractivity contribution is 6.63. The summed E-state index contributed by atoms with van der Waals surface area (Å²) in [6, 6.07) is 8.03. The molecule has 1 aliphatic heterocycles. The quantitative estimate of drug-likeness (QED) is 0.647. The predicted octanol–water partition coefficient (Wildman–Crippen LogP) is 0.966. The highest BCUT2D eigenvalue weighted by atomic mass is 16.6. The molecule has 0 bridgehead atoms. The van der Waals surface area contributed by atoms with E-state index in [2.05, 4.69) is 0 Å². The molecule has 72 valence electrons. The van der Waals surface area contributed by atoms with Gasteiger partial charge in [0.05, 0.1) is 12.5 Å². The number of para-hydroxylation sites is 1. The monoisotopic (exact) mass is 189 g/mol. The second-order valence-electron chi connectivity index (χ2n) is 3.33. The zero-order valence-corrected chi connectivity index (χ0v) is 8.31. The van der Waals surface area contributed by atoms with Crippen molar-refractivity contribution in [2.75, 3.05) is 19.0 Å². The summed E-state index contributed by atoms with van der Waals surface area (Å²) in [5.74, 6) is 0. The van der Waals surface area contributed by atoms with E-state index in [1.54, 1.807) is 12.5 Å². The van der Waals surface area contributed by atoms with Crippen LogP contribution in [0.25, 0.3) is 0 Å². The van der Waals surface area contributed by atoms with Gasteiger partial charge in [-0.2, -0.15) is 0 Å². The Labute approximate surface area is 84.1 Å². The Hall–Kier alpha value is -1.58. The van der Waals surface area contributed by atoms with E-state index in [0.29, 0.717) is 0 Å². The third-order valence-corrected chi connectivity index (χ3v) is 2.13. The second kappa shape index (κ2) is 3.66. The summed E-state index contributed by atoms with van der Waals surface area (Å²) in [5.41, 5.74) is 2.16. The molecule has 0 aliphatic carbocycles. The van der Waals surface area contributed by atoms with Crippen molar-refractivity contribution in [3.05, 3.63) is 36.8 Å². The average Bonchev–Trinajstić information content (AvgIpc) is 2.70. The van der Waals surface area contributed by atoms with Crippen molar-refractivity contribution >= 4 is 18.3 Å².